The van der Waals surface area contributed by atoms with E-state index in [-0.39, 0.29) is 30.3 Å². The lowest BCUT2D eigenvalue weighted by atomic mass is 9.90. The van der Waals surface area contributed by atoms with E-state index in [0.717, 1.165) is 11.1 Å². The molecule has 2 fully saturated rings. The van der Waals surface area contributed by atoms with Gasteiger partial charge in [-0.1, -0.05) is 61.9 Å². The quantitative estimate of drug-likeness (QED) is 0.589. The second-order valence-electron chi connectivity index (χ2n) is 9.99. The van der Waals surface area contributed by atoms with E-state index in [4.69, 9.17) is 4.74 Å². The van der Waals surface area contributed by atoms with Crippen molar-refractivity contribution < 1.29 is 24.2 Å². The zero-order chi connectivity index (χ0) is 24.6. The molecule has 2 amide bonds. The number of amides is 2. The van der Waals surface area contributed by atoms with Gasteiger partial charge in [-0.25, -0.2) is 9.59 Å². The van der Waals surface area contributed by atoms with E-state index >= 15 is 0 Å². The molecule has 184 valence electrons. The molecular formula is C28H32N2O5. The Hall–Kier alpha value is -3.35. The Labute approximate surface area is 205 Å². The summed E-state index contributed by atoms with van der Waals surface area (Å²) in [6.45, 7) is 3.05. The summed E-state index contributed by atoms with van der Waals surface area (Å²) in [5.74, 6) is -1.19. The van der Waals surface area contributed by atoms with Gasteiger partial charge in [0, 0.05) is 24.9 Å². The Bertz CT molecular complexity index is 1100. The predicted octanol–water partition coefficient (Wildman–Crippen LogP) is 4.41. The van der Waals surface area contributed by atoms with Gasteiger partial charge < -0.3 is 20.1 Å². The van der Waals surface area contributed by atoms with E-state index in [1.54, 1.807) is 4.90 Å². The monoisotopic (exact) mass is 476 g/mol. The molecule has 5 rings (SSSR count). The van der Waals surface area contributed by atoms with Crippen LogP contribution in [-0.4, -0.2) is 53.2 Å². The van der Waals surface area contributed by atoms with Gasteiger partial charge in [-0.05, 0) is 53.9 Å². The highest BCUT2D eigenvalue weighted by molar-refractivity contribution is 5.90. The number of carbonyl (C=O) groups excluding carboxylic acids is 2. The summed E-state index contributed by atoms with van der Waals surface area (Å²) in [6.07, 6.45) is 2.60. The molecule has 2 aromatic carbocycles. The van der Waals surface area contributed by atoms with Gasteiger partial charge in [0.1, 0.15) is 12.1 Å². The number of ether oxygens (including phenoxy) is 1. The van der Waals surface area contributed by atoms with Crippen LogP contribution in [0.4, 0.5) is 4.79 Å². The van der Waals surface area contributed by atoms with Crippen LogP contribution in [0.25, 0.3) is 11.1 Å². The molecular weight excluding hydrogens is 444 g/mol. The van der Waals surface area contributed by atoms with Crippen molar-refractivity contribution in [1.29, 1.82) is 0 Å². The summed E-state index contributed by atoms with van der Waals surface area (Å²) in [6, 6.07) is 16.4. The third-order valence-corrected chi connectivity index (χ3v) is 7.91. The molecule has 1 heterocycles. The average Bonchev–Trinajstić information content (AvgIpc) is 3.40. The highest BCUT2D eigenvalue weighted by atomic mass is 16.5. The van der Waals surface area contributed by atoms with Crippen molar-refractivity contribution in [2.75, 3.05) is 19.7 Å². The number of carbonyl (C=O) groups is 3. The van der Waals surface area contributed by atoms with Gasteiger partial charge in [0.25, 0.3) is 0 Å². The highest BCUT2D eigenvalue weighted by Crippen LogP contribution is 2.45. The smallest absolute Gasteiger partial charge is 0.407 e. The zero-order valence-electron chi connectivity index (χ0n) is 20.0. The van der Waals surface area contributed by atoms with E-state index in [9.17, 15) is 19.5 Å². The first-order valence-electron chi connectivity index (χ1n) is 12.6. The molecule has 3 atom stereocenters. The van der Waals surface area contributed by atoms with Crippen LogP contribution in [0.15, 0.2) is 48.5 Å². The average molecular weight is 477 g/mol. The molecule has 2 aromatic rings. The summed E-state index contributed by atoms with van der Waals surface area (Å²) < 4.78 is 5.59. The van der Waals surface area contributed by atoms with Crippen LogP contribution in [0.5, 0.6) is 0 Å². The maximum Gasteiger partial charge on any atom is 0.407 e. The van der Waals surface area contributed by atoms with Crippen LogP contribution in [-0.2, 0) is 14.3 Å². The fourth-order valence-corrected chi connectivity index (χ4v) is 6.04. The number of nitrogens with one attached hydrogen (secondary N) is 1. The van der Waals surface area contributed by atoms with Crippen molar-refractivity contribution in [2.45, 2.75) is 50.5 Å². The Morgan fingerprint density at radius 3 is 2.37 bits per heavy atom. The van der Waals surface area contributed by atoms with Crippen molar-refractivity contribution in [3.8, 4) is 11.1 Å². The van der Waals surface area contributed by atoms with Gasteiger partial charge >= 0.3 is 12.1 Å². The number of rotatable bonds is 8. The Morgan fingerprint density at radius 2 is 1.74 bits per heavy atom. The van der Waals surface area contributed by atoms with Crippen molar-refractivity contribution in [1.82, 2.24) is 10.2 Å². The van der Waals surface area contributed by atoms with Crippen LogP contribution >= 0.6 is 0 Å². The first-order chi connectivity index (χ1) is 17.0. The lowest BCUT2D eigenvalue weighted by molar-refractivity contribution is -0.157. The number of fused-ring (bicyclic) bond motifs is 3. The van der Waals surface area contributed by atoms with Gasteiger partial charge in [-0.15, -0.1) is 0 Å². The molecule has 0 bridgehead atoms. The molecule has 7 heteroatoms. The molecule has 35 heavy (non-hydrogen) atoms. The number of hydrogen-bond donors (Lipinski definition) is 2. The van der Waals surface area contributed by atoms with Crippen LogP contribution < -0.4 is 5.32 Å². The number of carboxylic acids is 1. The molecule has 0 spiro atoms. The summed E-state index contributed by atoms with van der Waals surface area (Å²) in [4.78, 5) is 39.2. The molecule has 1 saturated carbocycles. The molecule has 3 aliphatic rings. The summed E-state index contributed by atoms with van der Waals surface area (Å²) >= 11 is 0. The fourth-order valence-electron chi connectivity index (χ4n) is 6.04. The molecule has 1 saturated heterocycles. The number of hydrogen-bond acceptors (Lipinski definition) is 4. The number of carboxylic acid groups (broad SMARTS) is 1. The molecule has 7 nitrogen and oxygen atoms in total. The van der Waals surface area contributed by atoms with E-state index in [0.29, 0.717) is 45.2 Å². The largest absolute Gasteiger partial charge is 0.479 e. The number of alkyl carbamates (subject to hydrolysis) is 1. The van der Waals surface area contributed by atoms with Crippen molar-refractivity contribution in [2.24, 2.45) is 11.8 Å². The highest BCUT2D eigenvalue weighted by Gasteiger charge is 2.54. The van der Waals surface area contributed by atoms with E-state index in [1.165, 1.54) is 11.1 Å². The minimum atomic E-state index is -1.07. The Morgan fingerprint density at radius 1 is 1.09 bits per heavy atom. The lowest BCUT2D eigenvalue weighted by Crippen LogP contribution is -2.53. The maximum atomic E-state index is 13.1. The molecule has 1 unspecified atom stereocenters. The van der Waals surface area contributed by atoms with Crippen LogP contribution in [0.1, 0.15) is 56.1 Å². The number of likely N-dealkylation sites (tertiary alicyclic amines) is 1. The topological polar surface area (TPSA) is 95.9 Å². The minimum Gasteiger partial charge on any atom is -0.479 e. The van der Waals surface area contributed by atoms with Crippen LogP contribution in [0, 0.1) is 11.8 Å². The summed E-state index contributed by atoms with van der Waals surface area (Å²) in [7, 11) is 0. The van der Waals surface area contributed by atoms with E-state index in [1.807, 2.05) is 31.2 Å². The zero-order valence-corrected chi connectivity index (χ0v) is 20.0. The first-order valence-corrected chi connectivity index (χ1v) is 12.6. The SMILES string of the molecule is CCCC1(C(=O)O)CCCN1C(=O)[C@H]1C[C@H]1CNC(=O)OCC1c2ccccc2-c2ccccc21. The van der Waals surface area contributed by atoms with Crippen molar-refractivity contribution in [3.63, 3.8) is 0 Å². The Balaban J connectivity index is 1.14. The number of aliphatic carboxylic acids is 1. The predicted molar refractivity (Wildman–Crippen MR) is 131 cm³/mol. The normalized spacial score (nSPS) is 24.5. The second-order valence-corrected chi connectivity index (χ2v) is 9.99. The summed E-state index contributed by atoms with van der Waals surface area (Å²) in [5, 5.41) is 12.7. The van der Waals surface area contributed by atoms with Crippen LogP contribution in [0.2, 0.25) is 0 Å². The van der Waals surface area contributed by atoms with Crippen LogP contribution in [0.3, 0.4) is 0 Å². The molecule has 0 radical (unpaired) electrons. The summed E-state index contributed by atoms with van der Waals surface area (Å²) in [5.41, 5.74) is 3.61. The standard InChI is InChI=1S/C28H32N2O5/c1-2-12-28(26(32)33)13-7-14-30(28)25(31)23-15-18(23)16-29-27(34)35-17-24-21-10-5-3-8-19(21)20-9-4-6-11-22(20)24/h3-6,8-11,18,23-24H,2,7,12-17H2,1H3,(H,29,34)(H,32,33)/t18-,23-,28?/m0/s1. The van der Waals surface area contributed by atoms with Crippen molar-refractivity contribution in [3.05, 3.63) is 59.7 Å². The van der Waals surface area contributed by atoms with E-state index < -0.39 is 17.6 Å². The lowest BCUT2D eigenvalue weighted by Gasteiger charge is -2.35. The first kappa shape index (κ1) is 23.4. The molecule has 2 aliphatic carbocycles. The maximum absolute atomic E-state index is 13.1. The number of nitrogens with zero attached hydrogens (tertiary/aromatic N) is 1. The van der Waals surface area contributed by atoms with Gasteiger partial charge in [0.2, 0.25) is 5.91 Å². The molecule has 2 N–H and O–H groups in total. The van der Waals surface area contributed by atoms with E-state index in [2.05, 4.69) is 29.6 Å². The van der Waals surface area contributed by atoms with Gasteiger partial charge in [0.15, 0.2) is 0 Å². The third-order valence-electron chi connectivity index (χ3n) is 7.91. The fraction of sp³-hybridized carbons (Fsp3) is 0.464. The molecule has 1 aliphatic heterocycles. The molecule has 0 aromatic heterocycles. The number of benzene rings is 2. The third kappa shape index (κ3) is 4.17. The minimum absolute atomic E-state index is 0.00118. The van der Waals surface area contributed by atoms with Crippen molar-refractivity contribution >= 4 is 18.0 Å². The van der Waals surface area contributed by atoms with Gasteiger partial charge in [-0.2, -0.15) is 0 Å². The van der Waals surface area contributed by atoms with Gasteiger partial charge in [-0.3, -0.25) is 4.79 Å². The second kappa shape index (κ2) is 9.36. The Kier molecular flexibility index (Phi) is 6.26. The van der Waals surface area contributed by atoms with Gasteiger partial charge in [0.05, 0.1) is 0 Å².